The van der Waals surface area contributed by atoms with Crippen molar-refractivity contribution in [3.8, 4) is 0 Å². The van der Waals surface area contributed by atoms with E-state index in [9.17, 15) is 0 Å². The molecule has 18 heavy (non-hydrogen) atoms. The van der Waals surface area contributed by atoms with Crippen molar-refractivity contribution in [1.29, 1.82) is 0 Å². The van der Waals surface area contributed by atoms with Crippen molar-refractivity contribution in [2.24, 2.45) is 5.73 Å². The smallest absolute Gasteiger partial charge is 0.0585 e. The minimum atomic E-state index is -0.156. The van der Waals surface area contributed by atoms with Crippen LogP contribution in [0.4, 0.5) is 5.69 Å². The number of hydrogen-bond acceptors (Lipinski definition) is 3. The molecule has 1 unspecified atom stereocenters. The van der Waals surface area contributed by atoms with E-state index >= 15 is 0 Å². The van der Waals surface area contributed by atoms with Gasteiger partial charge in [0.25, 0.3) is 0 Å². The van der Waals surface area contributed by atoms with E-state index in [1.165, 1.54) is 5.69 Å². The highest BCUT2D eigenvalue weighted by molar-refractivity contribution is 5.55. The standard InChI is InChI=1S/C15H24N2O/c1-3-17(4-2)15-10-8-13(9-11-15)6-5-7-14(16)12-18/h5-6,8-11,14,18H,3-4,7,12,16H2,1-2H3/b6-5+. The normalized spacial score (nSPS) is 12.9. The largest absolute Gasteiger partial charge is 0.395 e. The number of rotatable bonds is 7. The first kappa shape index (κ1) is 14.7. The molecule has 0 saturated carbocycles. The summed E-state index contributed by atoms with van der Waals surface area (Å²) in [6.07, 6.45) is 4.75. The lowest BCUT2D eigenvalue weighted by molar-refractivity contribution is 0.267. The Balaban J connectivity index is 2.60. The van der Waals surface area contributed by atoms with Crippen molar-refractivity contribution in [2.75, 3.05) is 24.6 Å². The number of nitrogens with two attached hydrogens (primary N) is 1. The SMILES string of the molecule is CCN(CC)c1ccc(/C=C/CC(N)CO)cc1. The molecule has 0 aliphatic heterocycles. The van der Waals surface area contributed by atoms with E-state index in [2.05, 4.69) is 43.0 Å². The third-order valence-corrected chi connectivity index (χ3v) is 3.01. The molecule has 0 aromatic heterocycles. The fraction of sp³-hybridized carbons (Fsp3) is 0.467. The van der Waals surface area contributed by atoms with Gasteiger partial charge in [-0.2, -0.15) is 0 Å². The third kappa shape index (κ3) is 4.51. The molecule has 100 valence electrons. The summed E-state index contributed by atoms with van der Waals surface area (Å²) < 4.78 is 0. The Morgan fingerprint density at radius 3 is 2.33 bits per heavy atom. The van der Waals surface area contributed by atoms with Gasteiger partial charge in [-0.25, -0.2) is 0 Å². The zero-order valence-corrected chi connectivity index (χ0v) is 11.3. The van der Waals surface area contributed by atoms with Gasteiger partial charge in [-0.1, -0.05) is 24.3 Å². The minimum Gasteiger partial charge on any atom is -0.395 e. The molecule has 0 heterocycles. The number of benzene rings is 1. The van der Waals surface area contributed by atoms with Crippen LogP contribution in [0.15, 0.2) is 30.3 Å². The lowest BCUT2D eigenvalue weighted by Gasteiger charge is -2.20. The van der Waals surface area contributed by atoms with Crippen molar-refractivity contribution in [3.63, 3.8) is 0 Å². The lowest BCUT2D eigenvalue weighted by atomic mass is 10.1. The van der Waals surface area contributed by atoms with Crippen molar-refractivity contribution < 1.29 is 5.11 Å². The molecule has 1 atom stereocenters. The highest BCUT2D eigenvalue weighted by atomic mass is 16.3. The quantitative estimate of drug-likeness (QED) is 0.778. The van der Waals surface area contributed by atoms with E-state index in [1.807, 2.05) is 12.2 Å². The molecule has 1 rings (SSSR count). The maximum absolute atomic E-state index is 8.82. The molecule has 3 nitrogen and oxygen atoms in total. The maximum Gasteiger partial charge on any atom is 0.0585 e. The van der Waals surface area contributed by atoms with Crippen LogP contribution in [-0.2, 0) is 0 Å². The topological polar surface area (TPSA) is 49.5 Å². The molecule has 0 spiro atoms. The molecule has 3 N–H and O–H groups in total. The summed E-state index contributed by atoms with van der Waals surface area (Å²) in [4.78, 5) is 2.31. The third-order valence-electron chi connectivity index (χ3n) is 3.01. The highest BCUT2D eigenvalue weighted by Crippen LogP contribution is 2.15. The van der Waals surface area contributed by atoms with E-state index in [-0.39, 0.29) is 12.6 Å². The van der Waals surface area contributed by atoms with Gasteiger partial charge in [0.15, 0.2) is 0 Å². The van der Waals surface area contributed by atoms with Gasteiger partial charge in [0.05, 0.1) is 6.61 Å². The molecule has 0 bridgehead atoms. The average molecular weight is 248 g/mol. The average Bonchev–Trinajstić information content (AvgIpc) is 2.41. The van der Waals surface area contributed by atoms with Gasteiger partial charge < -0.3 is 15.7 Å². The molecule has 0 amide bonds. The summed E-state index contributed by atoms with van der Waals surface area (Å²) >= 11 is 0. The van der Waals surface area contributed by atoms with Gasteiger partial charge in [-0.15, -0.1) is 0 Å². The van der Waals surface area contributed by atoms with Crippen molar-refractivity contribution in [1.82, 2.24) is 0 Å². The Labute approximate surface area is 110 Å². The second kappa shape index (κ2) is 7.90. The van der Waals surface area contributed by atoms with Crippen LogP contribution in [0, 0.1) is 0 Å². The van der Waals surface area contributed by atoms with Crippen LogP contribution in [-0.4, -0.2) is 30.8 Å². The summed E-state index contributed by atoms with van der Waals surface area (Å²) in [6, 6.07) is 8.33. The van der Waals surface area contributed by atoms with E-state index in [4.69, 9.17) is 10.8 Å². The number of aliphatic hydroxyl groups is 1. The fourth-order valence-electron chi connectivity index (χ4n) is 1.84. The van der Waals surface area contributed by atoms with Crippen LogP contribution in [0.2, 0.25) is 0 Å². The molecule has 1 aromatic rings. The molecule has 0 fully saturated rings. The van der Waals surface area contributed by atoms with Gasteiger partial charge >= 0.3 is 0 Å². The van der Waals surface area contributed by atoms with E-state index in [1.54, 1.807) is 0 Å². The predicted octanol–water partition coefficient (Wildman–Crippen LogP) is 2.26. The van der Waals surface area contributed by atoms with Crippen molar-refractivity contribution >= 4 is 11.8 Å². The van der Waals surface area contributed by atoms with Gasteiger partial charge in [0, 0.05) is 24.8 Å². The zero-order valence-electron chi connectivity index (χ0n) is 11.3. The highest BCUT2D eigenvalue weighted by Gasteiger charge is 2.00. The lowest BCUT2D eigenvalue weighted by Crippen LogP contribution is -2.22. The van der Waals surface area contributed by atoms with E-state index in [0.29, 0.717) is 6.42 Å². The first-order valence-corrected chi connectivity index (χ1v) is 6.59. The first-order valence-electron chi connectivity index (χ1n) is 6.59. The van der Waals surface area contributed by atoms with Crippen LogP contribution in [0.5, 0.6) is 0 Å². The minimum absolute atomic E-state index is 0.0330. The molecule has 0 aliphatic carbocycles. The monoisotopic (exact) mass is 248 g/mol. The van der Waals surface area contributed by atoms with E-state index < -0.39 is 0 Å². The molecular weight excluding hydrogens is 224 g/mol. The number of anilines is 1. The summed E-state index contributed by atoms with van der Waals surface area (Å²) in [5.41, 5.74) is 8.05. The molecular formula is C15H24N2O. The van der Waals surface area contributed by atoms with Gasteiger partial charge in [0.2, 0.25) is 0 Å². The molecule has 3 heteroatoms. The Hall–Kier alpha value is -1.32. The van der Waals surface area contributed by atoms with Crippen molar-refractivity contribution in [3.05, 3.63) is 35.9 Å². The Kier molecular flexibility index (Phi) is 6.47. The molecule has 0 aliphatic rings. The molecule has 1 aromatic carbocycles. The summed E-state index contributed by atoms with van der Waals surface area (Å²) in [5.74, 6) is 0. The van der Waals surface area contributed by atoms with Crippen molar-refractivity contribution in [2.45, 2.75) is 26.3 Å². The van der Waals surface area contributed by atoms with Crippen LogP contribution in [0.1, 0.15) is 25.8 Å². The van der Waals surface area contributed by atoms with Gasteiger partial charge in [-0.05, 0) is 38.0 Å². The van der Waals surface area contributed by atoms with E-state index in [0.717, 1.165) is 18.7 Å². The predicted molar refractivity (Wildman–Crippen MR) is 78.7 cm³/mol. The van der Waals surface area contributed by atoms with Crippen LogP contribution in [0.3, 0.4) is 0 Å². The maximum atomic E-state index is 8.82. The Morgan fingerprint density at radius 2 is 1.83 bits per heavy atom. The fourth-order valence-corrected chi connectivity index (χ4v) is 1.84. The Morgan fingerprint density at radius 1 is 1.22 bits per heavy atom. The number of nitrogens with zero attached hydrogens (tertiary/aromatic N) is 1. The van der Waals surface area contributed by atoms with Crippen LogP contribution in [0.25, 0.3) is 6.08 Å². The number of hydrogen-bond donors (Lipinski definition) is 2. The summed E-state index contributed by atoms with van der Waals surface area (Å²) in [7, 11) is 0. The van der Waals surface area contributed by atoms with Gasteiger partial charge in [-0.3, -0.25) is 0 Å². The first-order chi connectivity index (χ1) is 8.71. The number of aliphatic hydroxyl groups excluding tert-OH is 1. The second-order valence-electron chi connectivity index (χ2n) is 4.34. The Bertz CT molecular complexity index is 355. The molecule has 0 saturated heterocycles. The molecule has 0 radical (unpaired) electrons. The van der Waals surface area contributed by atoms with Gasteiger partial charge in [0.1, 0.15) is 0 Å². The van der Waals surface area contributed by atoms with Crippen LogP contribution < -0.4 is 10.6 Å². The summed E-state index contributed by atoms with van der Waals surface area (Å²) in [6.45, 7) is 6.40. The van der Waals surface area contributed by atoms with Crippen LogP contribution >= 0.6 is 0 Å². The summed E-state index contributed by atoms with van der Waals surface area (Å²) in [5, 5.41) is 8.82. The second-order valence-corrected chi connectivity index (χ2v) is 4.34. The zero-order chi connectivity index (χ0) is 13.4.